The number of amides is 2. The molecule has 1 aliphatic heterocycles. The van der Waals surface area contributed by atoms with Crippen molar-refractivity contribution in [2.75, 3.05) is 13.1 Å². The van der Waals surface area contributed by atoms with Gasteiger partial charge in [-0.15, -0.1) is 0 Å². The van der Waals surface area contributed by atoms with Crippen LogP contribution in [0.3, 0.4) is 0 Å². The fraction of sp³-hybridized carbons (Fsp3) is 0.440. The van der Waals surface area contributed by atoms with Crippen molar-refractivity contribution in [3.8, 4) is 0 Å². The summed E-state index contributed by atoms with van der Waals surface area (Å²) < 4.78 is 13.3. The summed E-state index contributed by atoms with van der Waals surface area (Å²) in [6.07, 6.45) is 0.792. The molecule has 2 aromatic carbocycles. The minimum atomic E-state index is -0.610. The molecule has 4 nitrogen and oxygen atoms in total. The lowest BCUT2D eigenvalue weighted by atomic mass is 9.70. The highest BCUT2D eigenvalue weighted by Crippen LogP contribution is 2.42. The van der Waals surface area contributed by atoms with E-state index < -0.39 is 6.04 Å². The summed E-state index contributed by atoms with van der Waals surface area (Å²) in [5.41, 5.74) is 1.39. The second kappa shape index (κ2) is 9.39. The minimum Gasteiger partial charge on any atom is -0.340 e. The highest BCUT2D eigenvalue weighted by Gasteiger charge is 2.40. The third-order valence-corrected chi connectivity index (χ3v) is 6.39. The van der Waals surface area contributed by atoms with Gasteiger partial charge in [0.25, 0.3) is 5.91 Å². The SMILES string of the molecule is CC(C)[C@@H](NC(=O)c1ccc(Cl)cc1)C(=O)N1CCC(c2ccc(F)cc2)C(C)(C)C1. The number of carbonyl (C=O) groups is 2. The van der Waals surface area contributed by atoms with Gasteiger partial charge < -0.3 is 10.2 Å². The normalized spacial score (nSPS) is 19.2. The number of piperidine rings is 1. The molecule has 3 rings (SSSR count). The third kappa shape index (κ3) is 5.45. The number of rotatable bonds is 5. The zero-order chi connectivity index (χ0) is 22.8. The predicted molar refractivity (Wildman–Crippen MR) is 122 cm³/mol. The summed E-state index contributed by atoms with van der Waals surface area (Å²) in [5.74, 6) is -0.419. The van der Waals surface area contributed by atoms with Gasteiger partial charge in [0.2, 0.25) is 5.91 Å². The third-order valence-electron chi connectivity index (χ3n) is 6.14. The molecule has 0 bridgehead atoms. The molecule has 1 unspecified atom stereocenters. The molecule has 31 heavy (non-hydrogen) atoms. The Morgan fingerprint density at radius 2 is 1.71 bits per heavy atom. The second-order valence-corrected chi connectivity index (χ2v) is 9.78. The Morgan fingerprint density at radius 3 is 2.26 bits per heavy atom. The van der Waals surface area contributed by atoms with Crippen LogP contribution < -0.4 is 5.32 Å². The zero-order valence-corrected chi connectivity index (χ0v) is 19.2. The highest BCUT2D eigenvalue weighted by molar-refractivity contribution is 6.30. The molecule has 0 radical (unpaired) electrons. The summed E-state index contributed by atoms with van der Waals surface area (Å²) in [6, 6.07) is 12.7. The molecule has 1 N–H and O–H groups in total. The smallest absolute Gasteiger partial charge is 0.251 e. The van der Waals surface area contributed by atoms with Crippen LogP contribution in [0.15, 0.2) is 48.5 Å². The molecule has 0 spiro atoms. The number of nitrogens with one attached hydrogen (secondary N) is 1. The number of hydrogen-bond donors (Lipinski definition) is 1. The molecule has 1 fully saturated rings. The lowest BCUT2D eigenvalue weighted by Gasteiger charge is -2.45. The predicted octanol–water partition coefficient (Wildman–Crippen LogP) is 5.28. The van der Waals surface area contributed by atoms with E-state index in [0.717, 1.165) is 12.0 Å². The van der Waals surface area contributed by atoms with Gasteiger partial charge >= 0.3 is 0 Å². The maximum atomic E-state index is 13.4. The molecule has 6 heteroatoms. The van der Waals surface area contributed by atoms with E-state index in [1.165, 1.54) is 12.1 Å². The summed E-state index contributed by atoms with van der Waals surface area (Å²) in [6.45, 7) is 9.31. The minimum absolute atomic E-state index is 0.0540. The Kier molecular flexibility index (Phi) is 7.05. The first-order valence-electron chi connectivity index (χ1n) is 10.7. The van der Waals surface area contributed by atoms with Crippen LogP contribution in [-0.2, 0) is 4.79 Å². The van der Waals surface area contributed by atoms with Crippen molar-refractivity contribution >= 4 is 23.4 Å². The number of benzene rings is 2. The lowest BCUT2D eigenvalue weighted by Crippen LogP contribution is -2.55. The van der Waals surface area contributed by atoms with Crippen LogP contribution in [0, 0.1) is 17.2 Å². The van der Waals surface area contributed by atoms with Crippen molar-refractivity contribution in [3.05, 3.63) is 70.5 Å². The Balaban J connectivity index is 1.72. The molecular formula is C25H30ClFN2O2. The summed E-state index contributed by atoms with van der Waals surface area (Å²) >= 11 is 5.90. The van der Waals surface area contributed by atoms with Gasteiger partial charge in [-0.1, -0.05) is 51.4 Å². The van der Waals surface area contributed by atoms with Gasteiger partial charge in [-0.3, -0.25) is 9.59 Å². The number of likely N-dealkylation sites (tertiary alicyclic amines) is 1. The average Bonchev–Trinajstić information content (AvgIpc) is 2.72. The van der Waals surface area contributed by atoms with Gasteiger partial charge in [0, 0.05) is 23.7 Å². The molecule has 0 aliphatic carbocycles. The van der Waals surface area contributed by atoms with Gasteiger partial charge in [0.1, 0.15) is 11.9 Å². The molecule has 1 aliphatic rings. The summed E-state index contributed by atoms with van der Waals surface area (Å²) in [5, 5.41) is 3.47. The van der Waals surface area contributed by atoms with Crippen molar-refractivity contribution in [3.63, 3.8) is 0 Å². The van der Waals surface area contributed by atoms with Crippen LogP contribution in [0.2, 0.25) is 5.02 Å². The molecule has 2 amide bonds. The van der Waals surface area contributed by atoms with Crippen molar-refractivity contribution in [2.24, 2.45) is 11.3 Å². The fourth-order valence-electron chi connectivity index (χ4n) is 4.39. The molecule has 2 atom stereocenters. The Morgan fingerprint density at radius 1 is 1.10 bits per heavy atom. The van der Waals surface area contributed by atoms with Crippen LogP contribution in [0.5, 0.6) is 0 Å². The van der Waals surface area contributed by atoms with Crippen LogP contribution >= 0.6 is 11.6 Å². The van der Waals surface area contributed by atoms with E-state index in [2.05, 4.69) is 19.2 Å². The quantitative estimate of drug-likeness (QED) is 0.682. The zero-order valence-electron chi connectivity index (χ0n) is 18.5. The lowest BCUT2D eigenvalue weighted by molar-refractivity contribution is -0.137. The van der Waals surface area contributed by atoms with Gasteiger partial charge in [0.05, 0.1) is 0 Å². The van der Waals surface area contributed by atoms with Crippen molar-refractivity contribution in [1.82, 2.24) is 10.2 Å². The van der Waals surface area contributed by atoms with E-state index in [-0.39, 0.29) is 34.9 Å². The fourth-order valence-corrected chi connectivity index (χ4v) is 4.52. The monoisotopic (exact) mass is 444 g/mol. The van der Waals surface area contributed by atoms with Gasteiger partial charge in [0.15, 0.2) is 0 Å². The van der Waals surface area contributed by atoms with Crippen molar-refractivity contribution in [1.29, 1.82) is 0 Å². The number of nitrogens with zero attached hydrogens (tertiary/aromatic N) is 1. The molecule has 166 valence electrons. The van der Waals surface area contributed by atoms with E-state index in [4.69, 9.17) is 11.6 Å². The summed E-state index contributed by atoms with van der Waals surface area (Å²) in [4.78, 5) is 27.9. The largest absolute Gasteiger partial charge is 0.340 e. The van der Waals surface area contributed by atoms with Gasteiger partial charge in [-0.25, -0.2) is 4.39 Å². The first-order valence-corrected chi connectivity index (χ1v) is 11.1. The van der Waals surface area contributed by atoms with E-state index in [1.807, 2.05) is 30.9 Å². The van der Waals surface area contributed by atoms with E-state index in [9.17, 15) is 14.0 Å². The highest BCUT2D eigenvalue weighted by atomic mass is 35.5. The van der Waals surface area contributed by atoms with Crippen LogP contribution in [0.25, 0.3) is 0 Å². The van der Waals surface area contributed by atoms with Crippen molar-refractivity contribution < 1.29 is 14.0 Å². The van der Waals surface area contributed by atoms with Crippen LogP contribution in [0.4, 0.5) is 4.39 Å². The van der Waals surface area contributed by atoms with E-state index in [1.54, 1.807) is 24.3 Å². The first-order chi connectivity index (χ1) is 14.6. The topological polar surface area (TPSA) is 49.4 Å². The maximum Gasteiger partial charge on any atom is 0.251 e. The number of hydrogen-bond acceptors (Lipinski definition) is 2. The molecular weight excluding hydrogens is 415 g/mol. The Labute approximate surface area is 188 Å². The molecule has 2 aromatic rings. The van der Waals surface area contributed by atoms with Crippen LogP contribution in [0.1, 0.15) is 56.0 Å². The molecule has 1 heterocycles. The maximum absolute atomic E-state index is 13.4. The average molecular weight is 445 g/mol. The Hall–Kier alpha value is -2.40. The van der Waals surface area contributed by atoms with Gasteiger partial charge in [-0.2, -0.15) is 0 Å². The molecule has 0 aromatic heterocycles. The van der Waals surface area contributed by atoms with Crippen LogP contribution in [-0.4, -0.2) is 35.8 Å². The first kappa shape index (κ1) is 23.3. The van der Waals surface area contributed by atoms with Gasteiger partial charge in [-0.05, 0) is 65.6 Å². The summed E-state index contributed by atoms with van der Waals surface area (Å²) in [7, 11) is 0. The number of carbonyl (C=O) groups excluding carboxylic acids is 2. The Bertz CT molecular complexity index is 926. The second-order valence-electron chi connectivity index (χ2n) is 9.34. The molecule has 1 saturated heterocycles. The molecule has 0 saturated carbocycles. The van der Waals surface area contributed by atoms with Crippen molar-refractivity contribution in [2.45, 2.75) is 46.1 Å². The standard InChI is InChI=1S/C25H30ClFN2O2/c1-16(2)22(28-23(30)18-5-9-19(26)10-6-18)24(31)29-14-13-21(25(3,4)15-29)17-7-11-20(27)12-8-17/h5-12,16,21-22H,13-15H2,1-4H3,(H,28,30)/t21?,22-/m1/s1. The number of halogens is 2. The van der Waals surface area contributed by atoms with E-state index in [0.29, 0.717) is 23.7 Å². The van der Waals surface area contributed by atoms with E-state index >= 15 is 0 Å².